The van der Waals surface area contributed by atoms with Gasteiger partial charge in [-0.05, 0) is 35.5 Å². The van der Waals surface area contributed by atoms with Gasteiger partial charge in [0, 0.05) is 52.9 Å². The van der Waals surface area contributed by atoms with Crippen LogP contribution in [0.2, 0.25) is 0 Å². The molecule has 0 atom stereocenters. The van der Waals surface area contributed by atoms with E-state index in [1.807, 2.05) is 54.2 Å². The molecule has 0 spiro atoms. The third-order valence-corrected chi connectivity index (χ3v) is 5.36. The molecule has 0 unspecified atom stereocenters. The first kappa shape index (κ1) is 17.5. The Kier molecular flexibility index (Phi) is 5.13. The maximum atomic E-state index is 12.2. The highest BCUT2D eigenvalue weighted by molar-refractivity contribution is 8.18. The molecule has 0 radical (unpaired) electrons. The van der Waals surface area contributed by atoms with Gasteiger partial charge in [-0.1, -0.05) is 12.1 Å². The zero-order valence-electron chi connectivity index (χ0n) is 14.7. The van der Waals surface area contributed by atoms with E-state index in [-0.39, 0.29) is 11.8 Å². The van der Waals surface area contributed by atoms with Crippen LogP contribution in [0.4, 0.5) is 5.69 Å². The first-order valence-corrected chi connectivity index (χ1v) is 9.06. The third-order valence-electron chi connectivity index (χ3n) is 4.31. The Labute approximate surface area is 152 Å². The normalized spacial score (nSPS) is 19.4. The molecular weight excluding hydrogens is 336 g/mol. The van der Waals surface area contributed by atoms with Crippen LogP contribution in [0.25, 0.3) is 6.08 Å². The molecule has 0 aliphatic carbocycles. The molecule has 0 saturated carbocycles. The second-order valence-corrected chi connectivity index (χ2v) is 7.30. The third kappa shape index (κ3) is 4.04. The van der Waals surface area contributed by atoms with Crippen LogP contribution >= 0.6 is 11.8 Å². The topological polar surface area (TPSA) is 56.2 Å². The van der Waals surface area contributed by atoms with Crippen molar-refractivity contribution >= 4 is 40.5 Å². The Bertz CT molecular complexity index is 732. The molecule has 1 aromatic rings. The van der Waals surface area contributed by atoms with Gasteiger partial charge in [-0.15, -0.1) is 0 Å². The van der Waals surface area contributed by atoms with Gasteiger partial charge in [0.2, 0.25) is 5.91 Å². The molecule has 0 N–H and O–H groups in total. The minimum atomic E-state index is -0.189. The van der Waals surface area contributed by atoms with Gasteiger partial charge in [0.1, 0.15) is 0 Å². The number of nitrogens with zero attached hydrogens (tertiary/aromatic N) is 4. The minimum Gasteiger partial charge on any atom is -0.378 e. The van der Waals surface area contributed by atoms with Gasteiger partial charge in [0.15, 0.2) is 5.17 Å². The molecule has 25 heavy (non-hydrogen) atoms. The number of anilines is 1. The van der Waals surface area contributed by atoms with Gasteiger partial charge >= 0.3 is 0 Å². The van der Waals surface area contributed by atoms with E-state index in [1.54, 1.807) is 6.92 Å². The molecule has 3 rings (SSSR count). The van der Waals surface area contributed by atoms with E-state index in [9.17, 15) is 9.59 Å². The van der Waals surface area contributed by atoms with Crippen LogP contribution in [0.1, 0.15) is 12.5 Å². The number of aliphatic imine (C=N–C) groups is 1. The summed E-state index contributed by atoms with van der Waals surface area (Å²) in [4.78, 5) is 34.4. The fraction of sp³-hybridized carbons (Fsp3) is 0.389. The molecule has 6 nitrogen and oxygen atoms in total. The minimum absolute atomic E-state index is 0.0958. The molecule has 132 valence electrons. The van der Waals surface area contributed by atoms with Crippen molar-refractivity contribution in [3.05, 3.63) is 34.7 Å². The number of benzene rings is 1. The average Bonchev–Trinajstić information content (AvgIpc) is 2.96. The van der Waals surface area contributed by atoms with Crippen LogP contribution in [-0.4, -0.2) is 67.1 Å². The van der Waals surface area contributed by atoms with Gasteiger partial charge in [-0.25, -0.2) is 0 Å². The van der Waals surface area contributed by atoms with Gasteiger partial charge in [0.25, 0.3) is 5.91 Å². The summed E-state index contributed by atoms with van der Waals surface area (Å²) < 4.78 is 0. The summed E-state index contributed by atoms with van der Waals surface area (Å²) in [6.07, 6.45) is 1.88. The van der Waals surface area contributed by atoms with Crippen molar-refractivity contribution in [1.29, 1.82) is 0 Å². The summed E-state index contributed by atoms with van der Waals surface area (Å²) in [6.45, 7) is 4.36. The van der Waals surface area contributed by atoms with Crippen molar-refractivity contribution < 1.29 is 9.59 Å². The van der Waals surface area contributed by atoms with Crippen LogP contribution in [0.15, 0.2) is 34.2 Å². The van der Waals surface area contributed by atoms with Gasteiger partial charge in [0.05, 0.1) is 4.91 Å². The summed E-state index contributed by atoms with van der Waals surface area (Å²) in [5.41, 5.74) is 2.10. The van der Waals surface area contributed by atoms with E-state index < -0.39 is 0 Å². The molecule has 1 saturated heterocycles. The maximum Gasteiger partial charge on any atom is 0.286 e. The number of hydrogen-bond acceptors (Lipinski definition) is 5. The van der Waals surface area contributed by atoms with Crippen LogP contribution in [0.3, 0.4) is 0 Å². The molecular formula is C18H22N4O2S. The van der Waals surface area contributed by atoms with E-state index in [0.717, 1.165) is 16.4 Å². The van der Waals surface area contributed by atoms with Gasteiger partial charge in [-0.3, -0.25) is 9.59 Å². The zero-order chi connectivity index (χ0) is 18.0. The number of hydrogen-bond donors (Lipinski definition) is 0. The largest absolute Gasteiger partial charge is 0.378 e. The van der Waals surface area contributed by atoms with Crippen LogP contribution in [0.5, 0.6) is 0 Å². The van der Waals surface area contributed by atoms with E-state index in [1.165, 1.54) is 11.8 Å². The van der Waals surface area contributed by atoms with E-state index >= 15 is 0 Å². The lowest BCUT2D eigenvalue weighted by atomic mass is 10.2. The first-order chi connectivity index (χ1) is 11.9. The highest BCUT2D eigenvalue weighted by Gasteiger charge is 2.28. The molecule has 2 heterocycles. The van der Waals surface area contributed by atoms with Crippen molar-refractivity contribution in [3.63, 3.8) is 0 Å². The van der Waals surface area contributed by atoms with Crippen LogP contribution in [-0.2, 0) is 9.59 Å². The SMILES string of the molecule is CC(=O)N1CCN(C2=NC(=O)/C(=C/c3ccc(N(C)C)cc3)S2)CC1. The predicted octanol–water partition coefficient (Wildman–Crippen LogP) is 1.89. The Balaban J connectivity index is 1.65. The van der Waals surface area contributed by atoms with Crippen LogP contribution < -0.4 is 4.90 Å². The van der Waals surface area contributed by atoms with Gasteiger partial charge in [-0.2, -0.15) is 4.99 Å². The maximum absolute atomic E-state index is 12.2. The lowest BCUT2D eigenvalue weighted by molar-refractivity contribution is -0.130. The number of thioether (sulfide) groups is 1. The summed E-state index contributed by atoms with van der Waals surface area (Å²) in [5, 5.41) is 0.740. The fourth-order valence-electron chi connectivity index (χ4n) is 2.77. The predicted molar refractivity (Wildman–Crippen MR) is 103 cm³/mol. The van der Waals surface area contributed by atoms with E-state index in [0.29, 0.717) is 31.1 Å². The van der Waals surface area contributed by atoms with Crippen molar-refractivity contribution in [2.75, 3.05) is 45.2 Å². The fourth-order valence-corrected chi connectivity index (χ4v) is 3.73. The Morgan fingerprint density at radius 1 is 1.16 bits per heavy atom. The molecule has 0 aromatic heterocycles. The van der Waals surface area contributed by atoms with Crippen molar-refractivity contribution in [3.8, 4) is 0 Å². The molecule has 2 aliphatic rings. The number of amidine groups is 1. The Morgan fingerprint density at radius 3 is 2.36 bits per heavy atom. The van der Waals surface area contributed by atoms with Crippen molar-refractivity contribution in [2.45, 2.75) is 6.92 Å². The summed E-state index contributed by atoms with van der Waals surface area (Å²) in [5.74, 6) is -0.0934. The van der Waals surface area contributed by atoms with Crippen molar-refractivity contribution in [2.24, 2.45) is 4.99 Å². The Hall–Kier alpha value is -2.28. The smallest absolute Gasteiger partial charge is 0.286 e. The molecule has 1 aromatic carbocycles. The molecule has 2 amide bonds. The molecule has 0 bridgehead atoms. The lowest BCUT2D eigenvalue weighted by Crippen LogP contribution is -2.49. The molecule has 2 aliphatic heterocycles. The number of carbonyl (C=O) groups excluding carboxylic acids is 2. The number of carbonyl (C=O) groups is 2. The number of rotatable bonds is 2. The monoisotopic (exact) mass is 358 g/mol. The van der Waals surface area contributed by atoms with Gasteiger partial charge < -0.3 is 14.7 Å². The number of piperazine rings is 1. The summed E-state index contributed by atoms with van der Waals surface area (Å²) >= 11 is 1.41. The summed E-state index contributed by atoms with van der Waals surface area (Å²) in [6, 6.07) is 8.05. The highest BCUT2D eigenvalue weighted by Crippen LogP contribution is 2.31. The second-order valence-electron chi connectivity index (χ2n) is 6.29. The lowest BCUT2D eigenvalue weighted by Gasteiger charge is -2.34. The van der Waals surface area contributed by atoms with Crippen LogP contribution in [0, 0.1) is 0 Å². The zero-order valence-corrected chi connectivity index (χ0v) is 15.5. The van der Waals surface area contributed by atoms with E-state index in [2.05, 4.69) is 9.89 Å². The summed E-state index contributed by atoms with van der Waals surface area (Å²) in [7, 11) is 3.99. The van der Waals surface area contributed by atoms with E-state index in [4.69, 9.17) is 0 Å². The Morgan fingerprint density at radius 2 is 1.80 bits per heavy atom. The highest BCUT2D eigenvalue weighted by atomic mass is 32.2. The second kappa shape index (κ2) is 7.31. The standard InChI is InChI=1S/C18H22N4O2S/c1-13(23)21-8-10-22(11-9-21)18-19-17(24)16(25-18)12-14-4-6-15(7-5-14)20(2)3/h4-7,12H,8-11H2,1-3H3/b16-12-. The quantitative estimate of drug-likeness (QED) is 0.756. The number of amides is 2. The van der Waals surface area contributed by atoms with Crippen molar-refractivity contribution in [1.82, 2.24) is 9.80 Å². The average molecular weight is 358 g/mol. The first-order valence-electron chi connectivity index (χ1n) is 8.24. The molecule has 7 heteroatoms. The molecule has 1 fully saturated rings.